The molecule has 3 rings (SSSR count). The van der Waals surface area contributed by atoms with Gasteiger partial charge in [0.1, 0.15) is 5.52 Å². The molecular formula is C14H12N2O. The highest BCUT2D eigenvalue weighted by molar-refractivity contribution is 5.77. The molecule has 0 aliphatic carbocycles. The van der Waals surface area contributed by atoms with Crippen molar-refractivity contribution in [1.29, 1.82) is 0 Å². The molecule has 3 heteroatoms. The second kappa shape index (κ2) is 3.70. The summed E-state index contributed by atoms with van der Waals surface area (Å²) in [7, 11) is 0. The molecule has 0 unspecified atom stereocenters. The number of benzene rings is 1. The predicted molar refractivity (Wildman–Crippen MR) is 66.7 cm³/mol. The lowest BCUT2D eigenvalue weighted by molar-refractivity contribution is 0.619. The van der Waals surface area contributed by atoms with Crippen molar-refractivity contribution in [2.24, 2.45) is 0 Å². The Morgan fingerprint density at radius 3 is 2.71 bits per heavy atom. The van der Waals surface area contributed by atoms with E-state index in [2.05, 4.69) is 23.8 Å². The molecule has 84 valence electrons. The Balaban J connectivity index is 2.21. The van der Waals surface area contributed by atoms with Crippen LogP contribution < -0.4 is 0 Å². The van der Waals surface area contributed by atoms with Gasteiger partial charge in [-0.3, -0.25) is 4.98 Å². The van der Waals surface area contributed by atoms with Gasteiger partial charge >= 0.3 is 0 Å². The predicted octanol–water partition coefficient (Wildman–Crippen LogP) is 3.51. The molecule has 0 fully saturated rings. The third-order valence-corrected chi connectivity index (χ3v) is 2.91. The molecule has 2 aromatic heterocycles. The molecule has 1 aromatic carbocycles. The Morgan fingerprint density at radius 1 is 1.12 bits per heavy atom. The number of hydrogen-bond donors (Lipinski definition) is 0. The van der Waals surface area contributed by atoms with Crippen LogP contribution in [0.3, 0.4) is 0 Å². The molecule has 17 heavy (non-hydrogen) atoms. The first-order valence-electron chi connectivity index (χ1n) is 5.52. The summed E-state index contributed by atoms with van der Waals surface area (Å²) in [6.07, 6.45) is 3.49. The number of rotatable bonds is 1. The van der Waals surface area contributed by atoms with Gasteiger partial charge in [-0.2, -0.15) is 0 Å². The maximum Gasteiger partial charge on any atom is 0.228 e. The van der Waals surface area contributed by atoms with Gasteiger partial charge in [-0.05, 0) is 49.2 Å². The Morgan fingerprint density at radius 2 is 1.94 bits per heavy atom. The molecule has 0 saturated heterocycles. The van der Waals surface area contributed by atoms with Crippen molar-refractivity contribution in [3.8, 4) is 11.5 Å². The van der Waals surface area contributed by atoms with E-state index < -0.39 is 0 Å². The van der Waals surface area contributed by atoms with Crippen molar-refractivity contribution in [3.63, 3.8) is 0 Å². The average Bonchev–Trinajstić information content (AvgIpc) is 2.74. The zero-order valence-corrected chi connectivity index (χ0v) is 9.77. The topological polar surface area (TPSA) is 38.9 Å². The average molecular weight is 224 g/mol. The van der Waals surface area contributed by atoms with E-state index in [1.165, 1.54) is 11.1 Å². The molecular weight excluding hydrogens is 212 g/mol. The highest BCUT2D eigenvalue weighted by Crippen LogP contribution is 2.25. The molecule has 3 nitrogen and oxygen atoms in total. The largest absolute Gasteiger partial charge is 0.436 e. The van der Waals surface area contributed by atoms with Crippen LogP contribution in [0, 0.1) is 13.8 Å². The zero-order valence-electron chi connectivity index (χ0n) is 9.77. The Hall–Kier alpha value is -2.16. The van der Waals surface area contributed by atoms with Crippen LogP contribution in [-0.4, -0.2) is 9.97 Å². The fourth-order valence-electron chi connectivity index (χ4n) is 1.79. The van der Waals surface area contributed by atoms with Crippen LogP contribution in [0.5, 0.6) is 0 Å². The third-order valence-electron chi connectivity index (χ3n) is 2.91. The number of nitrogens with zero attached hydrogens (tertiary/aromatic N) is 2. The van der Waals surface area contributed by atoms with Crippen LogP contribution in [-0.2, 0) is 0 Å². The van der Waals surface area contributed by atoms with Crippen LogP contribution in [0.2, 0.25) is 0 Å². The summed E-state index contributed by atoms with van der Waals surface area (Å²) in [6.45, 7) is 4.15. The summed E-state index contributed by atoms with van der Waals surface area (Å²) in [5.74, 6) is 0.623. The van der Waals surface area contributed by atoms with Gasteiger partial charge in [0.2, 0.25) is 5.89 Å². The van der Waals surface area contributed by atoms with Gasteiger partial charge in [-0.15, -0.1) is 0 Å². The maximum absolute atomic E-state index is 5.74. The fraction of sp³-hybridized carbons (Fsp3) is 0.143. The summed E-state index contributed by atoms with van der Waals surface area (Å²) in [4.78, 5) is 8.54. The van der Waals surface area contributed by atoms with E-state index in [0.717, 1.165) is 16.7 Å². The fourth-order valence-corrected chi connectivity index (χ4v) is 1.79. The second-order valence-corrected chi connectivity index (χ2v) is 4.16. The van der Waals surface area contributed by atoms with Crippen molar-refractivity contribution in [3.05, 3.63) is 47.8 Å². The first kappa shape index (κ1) is 10.0. The summed E-state index contributed by atoms with van der Waals surface area (Å²) in [5.41, 5.74) is 5.06. The van der Waals surface area contributed by atoms with E-state index in [9.17, 15) is 0 Å². The Kier molecular flexibility index (Phi) is 2.18. The second-order valence-electron chi connectivity index (χ2n) is 4.16. The van der Waals surface area contributed by atoms with Crippen LogP contribution in [0.25, 0.3) is 22.6 Å². The zero-order chi connectivity index (χ0) is 11.8. The van der Waals surface area contributed by atoms with Crippen molar-refractivity contribution in [2.75, 3.05) is 0 Å². The number of fused-ring (bicyclic) bond motifs is 1. The Bertz CT molecular complexity index is 632. The van der Waals surface area contributed by atoms with Crippen LogP contribution in [0.1, 0.15) is 11.1 Å². The van der Waals surface area contributed by atoms with Crippen molar-refractivity contribution < 1.29 is 4.42 Å². The van der Waals surface area contributed by atoms with Crippen LogP contribution >= 0.6 is 0 Å². The summed E-state index contributed by atoms with van der Waals surface area (Å²) < 4.78 is 5.74. The Labute approximate surface area is 99.1 Å². The molecule has 0 spiro atoms. The normalized spacial score (nSPS) is 10.9. The summed E-state index contributed by atoms with van der Waals surface area (Å²) in [5, 5.41) is 0. The molecule has 0 amide bonds. The SMILES string of the molecule is Cc1cc2nc(-c3cccnc3)oc2cc1C. The molecule has 0 saturated carbocycles. The van der Waals surface area contributed by atoms with Gasteiger partial charge in [0.25, 0.3) is 0 Å². The van der Waals surface area contributed by atoms with Crippen molar-refractivity contribution in [2.45, 2.75) is 13.8 Å². The molecule has 3 aromatic rings. The van der Waals surface area contributed by atoms with E-state index in [1.807, 2.05) is 24.3 Å². The standard InChI is InChI=1S/C14H12N2O/c1-9-6-12-13(7-10(9)2)17-14(16-12)11-4-3-5-15-8-11/h3-8H,1-2H3. The molecule has 2 heterocycles. The van der Waals surface area contributed by atoms with Gasteiger partial charge in [0.15, 0.2) is 5.58 Å². The number of aryl methyl sites for hydroxylation is 2. The maximum atomic E-state index is 5.74. The minimum absolute atomic E-state index is 0.623. The third kappa shape index (κ3) is 1.69. The minimum Gasteiger partial charge on any atom is -0.436 e. The number of oxazole rings is 1. The lowest BCUT2D eigenvalue weighted by Gasteiger charge is -1.96. The number of aromatic nitrogens is 2. The van der Waals surface area contributed by atoms with E-state index in [0.29, 0.717) is 5.89 Å². The van der Waals surface area contributed by atoms with E-state index in [4.69, 9.17) is 4.42 Å². The van der Waals surface area contributed by atoms with Gasteiger partial charge in [-0.1, -0.05) is 0 Å². The smallest absolute Gasteiger partial charge is 0.228 e. The lowest BCUT2D eigenvalue weighted by Crippen LogP contribution is -1.80. The summed E-state index contributed by atoms with van der Waals surface area (Å²) >= 11 is 0. The van der Waals surface area contributed by atoms with Crippen molar-refractivity contribution >= 4 is 11.1 Å². The lowest BCUT2D eigenvalue weighted by atomic mass is 10.1. The monoisotopic (exact) mass is 224 g/mol. The highest BCUT2D eigenvalue weighted by Gasteiger charge is 2.09. The van der Waals surface area contributed by atoms with E-state index in [1.54, 1.807) is 12.4 Å². The van der Waals surface area contributed by atoms with Gasteiger partial charge < -0.3 is 4.42 Å². The van der Waals surface area contributed by atoms with Crippen LogP contribution in [0.4, 0.5) is 0 Å². The van der Waals surface area contributed by atoms with E-state index in [-0.39, 0.29) is 0 Å². The highest BCUT2D eigenvalue weighted by atomic mass is 16.3. The molecule has 0 aliphatic heterocycles. The van der Waals surface area contributed by atoms with E-state index >= 15 is 0 Å². The molecule has 0 aliphatic rings. The minimum atomic E-state index is 0.623. The first-order valence-corrected chi connectivity index (χ1v) is 5.52. The quantitative estimate of drug-likeness (QED) is 0.635. The molecule has 0 radical (unpaired) electrons. The van der Waals surface area contributed by atoms with Gasteiger partial charge in [0, 0.05) is 12.4 Å². The van der Waals surface area contributed by atoms with Gasteiger partial charge in [0.05, 0.1) is 5.56 Å². The number of hydrogen-bond acceptors (Lipinski definition) is 3. The van der Waals surface area contributed by atoms with Crippen LogP contribution in [0.15, 0.2) is 41.1 Å². The molecule has 0 N–H and O–H groups in total. The molecule has 0 atom stereocenters. The molecule has 0 bridgehead atoms. The van der Waals surface area contributed by atoms with Crippen molar-refractivity contribution in [1.82, 2.24) is 9.97 Å². The summed E-state index contributed by atoms with van der Waals surface area (Å²) in [6, 6.07) is 7.89. The first-order chi connectivity index (χ1) is 8.24. The van der Waals surface area contributed by atoms with Gasteiger partial charge in [-0.25, -0.2) is 4.98 Å². The number of pyridine rings is 1.